The zero-order valence-electron chi connectivity index (χ0n) is 8.57. The van der Waals surface area contributed by atoms with Crippen molar-refractivity contribution in [1.29, 1.82) is 0 Å². The third kappa shape index (κ3) is 2.02. The summed E-state index contributed by atoms with van der Waals surface area (Å²) in [5, 5.41) is 7.49. The molecule has 1 aromatic carbocycles. The van der Waals surface area contributed by atoms with E-state index in [0.29, 0.717) is 12.5 Å². The average Bonchev–Trinajstić information content (AvgIpc) is 2.69. The smallest absolute Gasteiger partial charge is 0.207 e. The van der Waals surface area contributed by atoms with Crippen molar-refractivity contribution in [3.05, 3.63) is 34.5 Å². The Morgan fingerprint density at radius 2 is 2.27 bits per heavy atom. The number of benzene rings is 1. The van der Waals surface area contributed by atoms with E-state index < -0.39 is 0 Å². The van der Waals surface area contributed by atoms with E-state index in [1.54, 1.807) is 11.3 Å². The minimum atomic E-state index is 0.375. The second-order valence-electron chi connectivity index (χ2n) is 3.61. The molecule has 1 heterocycles. The Morgan fingerprint density at radius 3 is 3.07 bits per heavy atom. The Balaban J connectivity index is 2.30. The minimum Gasteiger partial charge on any atom is -0.358 e. The number of carbonyl (C=O) groups excluding carboxylic acids is 1. The van der Waals surface area contributed by atoms with E-state index >= 15 is 0 Å². The highest BCUT2D eigenvalue weighted by Gasteiger charge is 2.10. The van der Waals surface area contributed by atoms with Gasteiger partial charge in [0.1, 0.15) is 0 Å². The summed E-state index contributed by atoms with van der Waals surface area (Å²) in [5.74, 6) is 0.375. The predicted molar refractivity (Wildman–Crippen MR) is 64.3 cm³/mol. The number of fused-ring (bicyclic) bond motifs is 1. The molecule has 3 heteroatoms. The highest BCUT2D eigenvalue weighted by atomic mass is 32.1. The number of carbonyl (C=O) groups is 1. The normalized spacial score (nSPS) is 12.6. The molecular formula is C12H13NOS. The Kier molecular flexibility index (Phi) is 3.02. The molecule has 0 saturated heterocycles. The lowest BCUT2D eigenvalue weighted by Gasteiger charge is -2.08. The van der Waals surface area contributed by atoms with Crippen LogP contribution < -0.4 is 5.32 Å². The number of amides is 1. The highest BCUT2D eigenvalue weighted by molar-refractivity contribution is 7.11. The Morgan fingerprint density at radius 1 is 1.47 bits per heavy atom. The lowest BCUT2D eigenvalue weighted by molar-refractivity contribution is -0.109. The molecule has 1 aromatic heterocycles. The van der Waals surface area contributed by atoms with Crippen molar-refractivity contribution in [2.75, 3.05) is 6.54 Å². The maximum atomic E-state index is 10.2. The van der Waals surface area contributed by atoms with Crippen molar-refractivity contribution in [3.8, 4) is 0 Å². The second-order valence-corrected chi connectivity index (χ2v) is 4.53. The third-order valence-electron chi connectivity index (χ3n) is 2.49. The van der Waals surface area contributed by atoms with Crippen molar-refractivity contribution in [2.24, 2.45) is 0 Å². The summed E-state index contributed by atoms with van der Waals surface area (Å²) in [6, 6.07) is 8.36. The van der Waals surface area contributed by atoms with Gasteiger partial charge in [-0.15, -0.1) is 11.3 Å². The number of thiophene rings is 1. The van der Waals surface area contributed by atoms with Crippen LogP contribution in [0.3, 0.4) is 0 Å². The Labute approximate surface area is 92.9 Å². The molecule has 1 unspecified atom stereocenters. The predicted octanol–water partition coefficient (Wildman–Crippen LogP) is 2.75. The summed E-state index contributed by atoms with van der Waals surface area (Å²) in [6.07, 6.45) is 0.756. The maximum absolute atomic E-state index is 10.2. The summed E-state index contributed by atoms with van der Waals surface area (Å²) < 4.78 is 0. The fourth-order valence-electron chi connectivity index (χ4n) is 1.71. The van der Waals surface area contributed by atoms with Crippen molar-refractivity contribution in [1.82, 2.24) is 5.32 Å². The average molecular weight is 219 g/mol. The largest absolute Gasteiger partial charge is 0.358 e. The third-order valence-corrected chi connectivity index (χ3v) is 3.74. The van der Waals surface area contributed by atoms with Crippen LogP contribution in [0.2, 0.25) is 0 Å². The monoisotopic (exact) mass is 219 g/mol. The van der Waals surface area contributed by atoms with Gasteiger partial charge in [0.15, 0.2) is 0 Å². The molecule has 0 spiro atoms. The van der Waals surface area contributed by atoms with Crippen LogP contribution in [0, 0.1) is 0 Å². The molecule has 0 radical (unpaired) electrons. The van der Waals surface area contributed by atoms with Gasteiger partial charge in [0, 0.05) is 17.3 Å². The van der Waals surface area contributed by atoms with Crippen LogP contribution in [0.4, 0.5) is 0 Å². The van der Waals surface area contributed by atoms with Gasteiger partial charge in [-0.2, -0.15) is 0 Å². The standard InChI is InChI=1S/C12H13NOS/c1-9(6-13-8-14)12-11-5-3-2-4-10(11)7-15-12/h2-5,7-9H,6H2,1H3,(H,13,14). The van der Waals surface area contributed by atoms with E-state index in [0.717, 1.165) is 6.41 Å². The number of nitrogens with one attached hydrogen (secondary N) is 1. The summed E-state index contributed by atoms with van der Waals surface area (Å²) >= 11 is 1.77. The molecule has 1 amide bonds. The van der Waals surface area contributed by atoms with Gasteiger partial charge in [-0.25, -0.2) is 0 Å². The molecule has 0 fully saturated rings. The molecule has 0 aliphatic heterocycles. The van der Waals surface area contributed by atoms with Gasteiger partial charge in [0.05, 0.1) is 0 Å². The first-order valence-electron chi connectivity index (χ1n) is 4.96. The van der Waals surface area contributed by atoms with Crippen molar-refractivity contribution in [3.63, 3.8) is 0 Å². The molecule has 1 atom stereocenters. The van der Waals surface area contributed by atoms with Crippen LogP contribution in [-0.2, 0) is 4.79 Å². The Hall–Kier alpha value is -1.35. The van der Waals surface area contributed by atoms with Gasteiger partial charge in [0.2, 0.25) is 6.41 Å². The van der Waals surface area contributed by atoms with Crippen molar-refractivity contribution in [2.45, 2.75) is 12.8 Å². The Bertz CT molecular complexity index is 463. The minimum absolute atomic E-state index is 0.375. The fraction of sp³-hybridized carbons (Fsp3) is 0.250. The van der Waals surface area contributed by atoms with Gasteiger partial charge in [-0.05, 0) is 16.2 Å². The quantitative estimate of drug-likeness (QED) is 0.787. The van der Waals surface area contributed by atoms with E-state index in [1.165, 1.54) is 15.6 Å². The molecule has 0 aliphatic carbocycles. The molecule has 2 aromatic rings. The molecule has 2 rings (SSSR count). The van der Waals surface area contributed by atoms with Gasteiger partial charge < -0.3 is 5.32 Å². The molecule has 78 valence electrons. The van der Waals surface area contributed by atoms with E-state index in [-0.39, 0.29) is 0 Å². The molecule has 2 nitrogen and oxygen atoms in total. The van der Waals surface area contributed by atoms with Crippen LogP contribution in [0.1, 0.15) is 17.7 Å². The van der Waals surface area contributed by atoms with Crippen LogP contribution in [0.5, 0.6) is 0 Å². The molecule has 1 N–H and O–H groups in total. The van der Waals surface area contributed by atoms with Crippen LogP contribution in [0.25, 0.3) is 10.8 Å². The van der Waals surface area contributed by atoms with E-state index in [2.05, 4.69) is 35.8 Å². The molecule has 15 heavy (non-hydrogen) atoms. The zero-order valence-corrected chi connectivity index (χ0v) is 9.38. The summed E-state index contributed by atoms with van der Waals surface area (Å²) in [4.78, 5) is 11.6. The van der Waals surface area contributed by atoms with Crippen LogP contribution >= 0.6 is 11.3 Å². The van der Waals surface area contributed by atoms with E-state index in [4.69, 9.17) is 0 Å². The molecule has 0 aliphatic rings. The molecule has 0 saturated carbocycles. The number of rotatable bonds is 4. The van der Waals surface area contributed by atoms with E-state index in [1.807, 2.05) is 6.07 Å². The number of hydrogen-bond donors (Lipinski definition) is 1. The summed E-state index contributed by atoms with van der Waals surface area (Å²) in [7, 11) is 0. The lowest BCUT2D eigenvalue weighted by Crippen LogP contribution is -2.17. The molecular weight excluding hydrogens is 206 g/mol. The van der Waals surface area contributed by atoms with Crippen LogP contribution in [-0.4, -0.2) is 13.0 Å². The van der Waals surface area contributed by atoms with Gasteiger partial charge in [0.25, 0.3) is 0 Å². The first-order chi connectivity index (χ1) is 7.33. The topological polar surface area (TPSA) is 29.1 Å². The maximum Gasteiger partial charge on any atom is 0.207 e. The van der Waals surface area contributed by atoms with Crippen molar-refractivity contribution >= 4 is 28.5 Å². The first kappa shape index (κ1) is 10.2. The van der Waals surface area contributed by atoms with Crippen LogP contribution in [0.15, 0.2) is 29.6 Å². The zero-order chi connectivity index (χ0) is 10.7. The summed E-state index contributed by atoms with van der Waals surface area (Å²) in [6.45, 7) is 2.84. The summed E-state index contributed by atoms with van der Waals surface area (Å²) in [5.41, 5.74) is 0. The van der Waals surface area contributed by atoms with Gasteiger partial charge in [-0.1, -0.05) is 31.2 Å². The first-order valence-corrected chi connectivity index (χ1v) is 5.84. The fourth-order valence-corrected chi connectivity index (χ4v) is 2.80. The van der Waals surface area contributed by atoms with Gasteiger partial charge in [-0.3, -0.25) is 4.79 Å². The van der Waals surface area contributed by atoms with Gasteiger partial charge >= 0.3 is 0 Å². The molecule has 0 bridgehead atoms. The SMILES string of the molecule is CC(CNC=O)c1scc2ccccc12. The second kappa shape index (κ2) is 4.45. The van der Waals surface area contributed by atoms with E-state index in [9.17, 15) is 4.79 Å². The lowest BCUT2D eigenvalue weighted by atomic mass is 10.1. The van der Waals surface area contributed by atoms with Crippen molar-refractivity contribution < 1.29 is 4.79 Å². The number of hydrogen-bond acceptors (Lipinski definition) is 2. The highest BCUT2D eigenvalue weighted by Crippen LogP contribution is 2.31.